The van der Waals surface area contributed by atoms with Crippen LogP contribution in [0, 0.1) is 0 Å². The summed E-state index contributed by atoms with van der Waals surface area (Å²) in [5, 5.41) is 5.17. The van der Waals surface area contributed by atoms with Crippen molar-refractivity contribution in [1.82, 2.24) is 0 Å². The molecule has 9 aromatic carbocycles. The number of hydrogen-bond acceptors (Lipinski definition) is 2. The summed E-state index contributed by atoms with van der Waals surface area (Å²) < 4.78 is 2.65. The molecule has 0 saturated carbocycles. The molecule has 0 aliphatic rings. The lowest BCUT2D eigenvalue weighted by Crippen LogP contribution is -2.10. The Morgan fingerprint density at radius 2 is 0.796 bits per heavy atom. The largest absolute Gasteiger partial charge is 0.310 e. The van der Waals surface area contributed by atoms with Gasteiger partial charge in [0.05, 0.1) is 0 Å². The van der Waals surface area contributed by atoms with Gasteiger partial charge in [-0.3, -0.25) is 0 Å². The predicted octanol–water partition coefficient (Wildman–Crippen LogP) is 15.3. The Morgan fingerprint density at radius 3 is 1.57 bits per heavy atom. The van der Waals surface area contributed by atoms with Gasteiger partial charge in [0.25, 0.3) is 0 Å². The van der Waals surface area contributed by atoms with Crippen LogP contribution in [0.15, 0.2) is 212 Å². The van der Waals surface area contributed by atoms with Crippen molar-refractivity contribution in [3.8, 4) is 44.5 Å². The summed E-state index contributed by atoms with van der Waals surface area (Å²) >= 11 is 1.86. The molecule has 54 heavy (non-hydrogen) atoms. The maximum atomic E-state index is 2.36. The fourth-order valence-corrected chi connectivity index (χ4v) is 8.84. The number of nitrogens with zero attached hydrogens (tertiary/aromatic N) is 1. The van der Waals surface area contributed by atoms with Crippen LogP contribution in [0.3, 0.4) is 0 Å². The molecule has 1 nitrogen and oxygen atoms in total. The SMILES string of the molecule is c1ccc(-c2cccc(N(c3ccc(-c4cccc(-c5cccc6ccccc56)c4)cc3)c3ccc(-c4ccc5sc6ccccc6c5c4)cc3)c2)cc1. The lowest BCUT2D eigenvalue weighted by Gasteiger charge is -2.26. The molecule has 0 radical (unpaired) electrons. The Labute approximate surface area is 319 Å². The number of hydrogen-bond donors (Lipinski definition) is 0. The van der Waals surface area contributed by atoms with E-state index in [1.165, 1.54) is 75.5 Å². The van der Waals surface area contributed by atoms with Gasteiger partial charge in [-0.15, -0.1) is 11.3 Å². The number of benzene rings is 9. The highest BCUT2D eigenvalue weighted by atomic mass is 32.1. The van der Waals surface area contributed by atoms with Gasteiger partial charge in [0, 0.05) is 37.2 Å². The standard InChI is InChI=1S/C52H35NS/c1-2-11-36(12-3-1)41-16-9-18-46(34-41)53(45-30-25-38(26-31-45)42-27-32-52-50(35-42)49-20-6-7-22-51(49)54-52)44-28-23-37(24-29-44)40-15-8-17-43(33-40)48-21-10-14-39-13-4-5-19-47(39)48/h1-35H. The van der Waals surface area contributed by atoms with Crippen molar-refractivity contribution in [3.63, 3.8) is 0 Å². The van der Waals surface area contributed by atoms with E-state index < -0.39 is 0 Å². The second-order valence-electron chi connectivity index (χ2n) is 13.8. The van der Waals surface area contributed by atoms with Crippen molar-refractivity contribution < 1.29 is 0 Å². The van der Waals surface area contributed by atoms with Crippen molar-refractivity contribution in [1.29, 1.82) is 0 Å². The summed E-state index contributed by atoms with van der Waals surface area (Å²) in [6, 6.07) is 77.1. The third kappa shape index (κ3) is 5.93. The zero-order chi connectivity index (χ0) is 35.8. The number of anilines is 3. The zero-order valence-electron chi connectivity index (χ0n) is 29.6. The zero-order valence-corrected chi connectivity index (χ0v) is 30.4. The fourth-order valence-electron chi connectivity index (χ4n) is 7.76. The molecule has 10 rings (SSSR count). The highest BCUT2D eigenvalue weighted by Gasteiger charge is 2.15. The number of rotatable bonds is 7. The smallest absolute Gasteiger partial charge is 0.0467 e. The van der Waals surface area contributed by atoms with Crippen molar-refractivity contribution in [3.05, 3.63) is 212 Å². The first-order chi connectivity index (χ1) is 26.7. The van der Waals surface area contributed by atoms with E-state index in [9.17, 15) is 0 Å². The van der Waals surface area contributed by atoms with Gasteiger partial charge in [-0.05, 0) is 116 Å². The average molecular weight is 706 g/mol. The molecule has 0 N–H and O–H groups in total. The van der Waals surface area contributed by atoms with Crippen molar-refractivity contribution in [2.45, 2.75) is 0 Å². The van der Waals surface area contributed by atoms with Gasteiger partial charge in [0.15, 0.2) is 0 Å². The minimum Gasteiger partial charge on any atom is -0.310 e. The van der Waals surface area contributed by atoms with Crippen LogP contribution >= 0.6 is 11.3 Å². The average Bonchev–Trinajstić information content (AvgIpc) is 3.63. The van der Waals surface area contributed by atoms with Crippen LogP contribution in [-0.4, -0.2) is 0 Å². The molecule has 254 valence electrons. The summed E-state index contributed by atoms with van der Waals surface area (Å²) in [5.74, 6) is 0. The lowest BCUT2D eigenvalue weighted by molar-refractivity contribution is 1.28. The molecule has 0 amide bonds. The quantitative estimate of drug-likeness (QED) is 0.160. The molecule has 0 fully saturated rings. The third-order valence-electron chi connectivity index (χ3n) is 10.5. The van der Waals surface area contributed by atoms with Gasteiger partial charge < -0.3 is 4.90 Å². The van der Waals surface area contributed by atoms with Crippen LogP contribution in [0.5, 0.6) is 0 Å². The van der Waals surface area contributed by atoms with Crippen LogP contribution in [0.1, 0.15) is 0 Å². The van der Waals surface area contributed by atoms with Crippen LogP contribution in [0.25, 0.3) is 75.5 Å². The molecule has 0 atom stereocenters. The van der Waals surface area contributed by atoms with E-state index in [0.29, 0.717) is 0 Å². The van der Waals surface area contributed by atoms with Crippen LogP contribution in [0.2, 0.25) is 0 Å². The molecule has 0 aliphatic heterocycles. The summed E-state index contributed by atoms with van der Waals surface area (Å²) in [5.41, 5.74) is 13.0. The van der Waals surface area contributed by atoms with Gasteiger partial charge >= 0.3 is 0 Å². The molecule has 0 aliphatic carbocycles. The van der Waals surface area contributed by atoms with Gasteiger partial charge in [-0.25, -0.2) is 0 Å². The Hall–Kier alpha value is -6.74. The fraction of sp³-hybridized carbons (Fsp3) is 0. The van der Waals surface area contributed by atoms with Gasteiger partial charge in [-0.2, -0.15) is 0 Å². The van der Waals surface area contributed by atoms with Gasteiger partial charge in [0.2, 0.25) is 0 Å². The Kier molecular flexibility index (Phi) is 8.09. The summed E-state index contributed by atoms with van der Waals surface area (Å²) in [7, 11) is 0. The van der Waals surface area contributed by atoms with E-state index in [1.807, 2.05) is 11.3 Å². The first kappa shape index (κ1) is 32.0. The maximum absolute atomic E-state index is 2.36. The minimum atomic E-state index is 1.10. The first-order valence-corrected chi connectivity index (χ1v) is 19.2. The molecular weight excluding hydrogens is 671 g/mol. The molecule has 0 spiro atoms. The third-order valence-corrected chi connectivity index (χ3v) is 11.6. The molecule has 0 unspecified atom stereocenters. The molecule has 10 aromatic rings. The normalized spacial score (nSPS) is 11.3. The van der Waals surface area contributed by atoms with Crippen molar-refractivity contribution in [2.24, 2.45) is 0 Å². The maximum Gasteiger partial charge on any atom is 0.0467 e. The van der Waals surface area contributed by atoms with Crippen molar-refractivity contribution in [2.75, 3.05) is 4.90 Å². The Balaban J connectivity index is 1.03. The van der Waals surface area contributed by atoms with Crippen molar-refractivity contribution >= 4 is 59.3 Å². The second-order valence-corrected chi connectivity index (χ2v) is 14.8. The Morgan fingerprint density at radius 1 is 0.278 bits per heavy atom. The van der Waals surface area contributed by atoms with E-state index in [4.69, 9.17) is 0 Å². The van der Waals surface area contributed by atoms with E-state index in [-0.39, 0.29) is 0 Å². The van der Waals surface area contributed by atoms with E-state index in [2.05, 4.69) is 217 Å². The summed E-state index contributed by atoms with van der Waals surface area (Å²) in [6.45, 7) is 0. The molecule has 0 saturated heterocycles. The van der Waals surface area contributed by atoms with Crippen LogP contribution < -0.4 is 4.90 Å². The topological polar surface area (TPSA) is 3.24 Å². The monoisotopic (exact) mass is 705 g/mol. The molecular formula is C52H35NS. The lowest BCUT2D eigenvalue weighted by atomic mass is 9.95. The molecule has 0 bridgehead atoms. The van der Waals surface area contributed by atoms with Crippen LogP contribution in [-0.2, 0) is 0 Å². The van der Waals surface area contributed by atoms with E-state index in [0.717, 1.165) is 17.1 Å². The van der Waals surface area contributed by atoms with E-state index in [1.54, 1.807) is 0 Å². The van der Waals surface area contributed by atoms with Gasteiger partial charge in [-0.1, -0.05) is 152 Å². The predicted molar refractivity (Wildman–Crippen MR) is 233 cm³/mol. The molecule has 1 aromatic heterocycles. The number of thiophene rings is 1. The first-order valence-electron chi connectivity index (χ1n) is 18.4. The minimum absolute atomic E-state index is 1.10. The number of fused-ring (bicyclic) bond motifs is 4. The molecule has 2 heteroatoms. The van der Waals surface area contributed by atoms with Crippen LogP contribution in [0.4, 0.5) is 17.1 Å². The molecule has 1 heterocycles. The van der Waals surface area contributed by atoms with E-state index >= 15 is 0 Å². The highest BCUT2D eigenvalue weighted by molar-refractivity contribution is 7.25. The second kappa shape index (κ2) is 13.7. The summed E-state index contributed by atoms with van der Waals surface area (Å²) in [6.07, 6.45) is 0. The summed E-state index contributed by atoms with van der Waals surface area (Å²) in [4.78, 5) is 2.36. The van der Waals surface area contributed by atoms with Gasteiger partial charge in [0.1, 0.15) is 0 Å². The Bertz CT molecular complexity index is 2920. The highest BCUT2D eigenvalue weighted by Crippen LogP contribution is 2.40.